The van der Waals surface area contributed by atoms with E-state index in [0.717, 1.165) is 38.4 Å². The molecule has 3 nitrogen and oxygen atoms in total. The second kappa shape index (κ2) is 6.22. The maximum atomic E-state index is 8.95. The second-order valence-corrected chi connectivity index (χ2v) is 5.44. The Bertz CT molecular complexity index is 241. The molecule has 1 saturated carbocycles. The van der Waals surface area contributed by atoms with Crippen LogP contribution in [0.2, 0.25) is 0 Å². The monoisotopic (exact) mass is 224 g/mol. The molecular formula is C13H24N2O. The van der Waals surface area contributed by atoms with Crippen LogP contribution in [0.25, 0.3) is 0 Å². The third-order valence-electron chi connectivity index (χ3n) is 3.25. The highest BCUT2D eigenvalue weighted by molar-refractivity contribution is 4.91. The van der Waals surface area contributed by atoms with Crippen LogP contribution < -0.4 is 0 Å². The summed E-state index contributed by atoms with van der Waals surface area (Å²) in [5.74, 6) is 0. The van der Waals surface area contributed by atoms with Crippen molar-refractivity contribution in [2.45, 2.75) is 52.0 Å². The SMILES string of the molecule is CC(C)(C#N)CCCCN(CCO)C1CC1. The molecule has 1 fully saturated rings. The van der Waals surface area contributed by atoms with Gasteiger partial charge in [0.05, 0.1) is 18.1 Å². The first-order valence-electron chi connectivity index (χ1n) is 6.35. The average molecular weight is 224 g/mol. The van der Waals surface area contributed by atoms with Crippen LogP contribution in [0.3, 0.4) is 0 Å². The smallest absolute Gasteiger partial charge is 0.0683 e. The fourth-order valence-electron chi connectivity index (χ4n) is 1.98. The molecule has 0 amide bonds. The molecule has 92 valence electrons. The summed E-state index contributed by atoms with van der Waals surface area (Å²) < 4.78 is 0. The molecule has 16 heavy (non-hydrogen) atoms. The van der Waals surface area contributed by atoms with Crippen molar-refractivity contribution in [2.24, 2.45) is 5.41 Å². The molecule has 0 radical (unpaired) electrons. The van der Waals surface area contributed by atoms with E-state index in [4.69, 9.17) is 10.4 Å². The van der Waals surface area contributed by atoms with Crippen molar-refractivity contribution in [1.82, 2.24) is 4.90 Å². The molecule has 1 aliphatic carbocycles. The second-order valence-electron chi connectivity index (χ2n) is 5.44. The van der Waals surface area contributed by atoms with Crippen LogP contribution in [0.5, 0.6) is 0 Å². The number of hydrogen-bond acceptors (Lipinski definition) is 3. The van der Waals surface area contributed by atoms with E-state index in [1.165, 1.54) is 12.8 Å². The lowest BCUT2D eigenvalue weighted by atomic mass is 9.89. The fourth-order valence-corrected chi connectivity index (χ4v) is 1.98. The first-order chi connectivity index (χ1) is 7.59. The van der Waals surface area contributed by atoms with Gasteiger partial charge in [-0.2, -0.15) is 5.26 Å². The van der Waals surface area contributed by atoms with E-state index in [0.29, 0.717) is 0 Å². The van der Waals surface area contributed by atoms with E-state index in [1.807, 2.05) is 13.8 Å². The molecule has 0 aromatic carbocycles. The van der Waals surface area contributed by atoms with Gasteiger partial charge < -0.3 is 5.11 Å². The molecule has 0 bridgehead atoms. The third-order valence-corrected chi connectivity index (χ3v) is 3.25. The summed E-state index contributed by atoms with van der Waals surface area (Å²) in [6.07, 6.45) is 5.81. The molecule has 1 rings (SSSR count). The van der Waals surface area contributed by atoms with Crippen molar-refractivity contribution in [3.05, 3.63) is 0 Å². The number of unbranched alkanes of at least 4 members (excludes halogenated alkanes) is 1. The zero-order valence-corrected chi connectivity index (χ0v) is 10.6. The van der Waals surface area contributed by atoms with E-state index in [1.54, 1.807) is 0 Å². The molecule has 0 saturated heterocycles. The molecule has 1 aliphatic rings. The Balaban J connectivity index is 2.11. The van der Waals surface area contributed by atoms with E-state index in [9.17, 15) is 0 Å². The number of rotatable bonds is 8. The highest BCUT2D eigenvalue weighted by atomic mass is 16.3. The summed E-state index contributed by atoms with van der Waals surface area (Å²) in [7, 11) is 0. The van der Waals surface area contributed by atoms with Crippen molar-refractivity contribution in [1.29, 1.82) is 5.26 Å². The van der Waals surface area contributed by atoms with Gasteiger partial charge in [0, 0.05) is 12.6 Å². The number of aliphatic hydroxyl groups excluding tert-OH is 1. The Kier molecular flexibility index (Phi) is 5.24. The zero-order chi connectivity index (χ0) is 12.0. The maximum Gasteiger partial charge on any atom is 0.0683 e. The van der Waals surface area contributed by atoms with Crippen LogP contribution in [0.15, 0.2) is 0 Å². The Morgan fingerprint density at radius 1 is 1.31 bits per heavy atom. The minimum atomic E-state index is -0.179. The first kappa shape index (κ1) is 13.5. The molecule has 0 spiro atoms. The fraction of sp³-hybridized carbons (Fsp3) is 0.923. The number of aliphatic hydroxyl groups is 1. The highest BCUT2D eigenvalue weighted by Gasteiger charge is 2.28. The minimum Gasteiger partial charge on any atom is -0.395 e. The van der Waals surface area contributed by atoms with Gasteiger partial charge in [-0.25, -0.2) is 0 Å². The maximum absolute atomic E-state index is 8.95. The Morgan fingerprint density at radius 3 is 2.50 bits per heavy atom. The molecule has 0 heterocycles. The molecule has 0 unspecified atom stereocenters. The van der Waals surface area contributed by atoms with E-state index >= 15 is 0 Å². The van der Waals surface area contributed by atoms with Gasteiger partial charge in [-0.3, -0.25) is 4.90 Å². The lowest BCUT2D eigenvalue weighted by molar-refractivity contribution is 0.185. The van der Waals surface area contributed by atoms with E-state index < -0.39 is 0 Å². The molecular weight excluding hydrogens is 200 g/mol. The lowest BCUT2D eigenvalue weighted by Crippen LogP contribution is -2.30. The summed E-state index contributed by atoms with van der Waals surface area (Å²) in [6, 6.07) is 3.07. The number of hydrogen-bond donors (Lipinski definition) is 1. The predicted octanol–water partition coefficient (Wildman–Crippen LogP) is 2.16. The molecule has 0 aromatic heterocycles. The molecule has 0 aliphatic heterocycles. The summed E-state index contributed by atoms with van der Waals surface area (Å²) in [5.41, 5.74) is -0.179. The van der Waals surface area contributed by atoms with Gasteiger partial charge in [0.2, 0.25) is 0 Å². The normalized spacial score (nSPS) is 16.4. The topological polar surface area (TPSA) is 47.3 Å². The van der Waals surface area contributed by atoms with Gasteiger partial charge in [-0.1, -0.05) is 6.42 Å². The summed E-state index contributed by atoms with van der Waals surface area (Å²) >= 11 is 0. The van der Waals surface area contributed by atoms with Gasteiger partial charge in [-0.05, 0) is 46.1 Å². The van der Waals surface area contributed by atoms with Crippen molar-refractivity contribution < 1.29 is 5.11 Å². The van der Waals surface area contributed by atoms with Crippen LogP contribution in [-0.2, 0) is 0 Å². The van der Waals surface area contributed by atoms with Crippen LogP contribution >= 0.6 is 0 Å². The molecule has 0 aromatic rings. The summed E-state index contributed by atoms with van der Waals surface area (Å²) in [4.78, 5) is 2.39. The first-order valence-corrected chi connectivity index (χ1v) is 6.35. The van der Waals surface area contributed by atoms with Gasteiger partial charge in [0.15, 0.2) is 0 Å². The zero-order valence-electron chi connectivity index (χ0n) is 10.6. The van der Waals surface area contributed by atoms with Gasteiger partial charge >= 0.3 is 0 Å². The number of nitrogens with zero attached hydrogens (tertiary/aromatic N) is 2. The van der Waals surface area contributed by atoms with Crippen LogP contribution in [-0.4, -0.2) is 35.7 Å². The van der Waals surface area contributed by atoms with E-state index in [2.05, 4.69) is 11.0 Å². The Labute approximate surface area is 99.1 Å². The Hall–Kier alpha value is -0.590. The minimum absolute atomic E-state index is 0.179. The molecule has 3 heteroatoms. The standard InChI is InChI=1S/C13H24N2O/c1-13(2,11-14)7-3-4-8-15(9-10-16)12-5-6-12/h12,16H,3-10H2,1-2H3. The van der Waals surface area contributed by atoms with Crippen LogP contribution in [0.1, 0.15) is 46.0 Å². The third kappa shape index (κ3) is 4.96. The quantitative estimate of drug-likeness (QED) is 0.643. The van der Waals surface area contributed by atoms with Gasteiger partial charge in [0.1, 0.15) is 0 Å². The van der Waals surface area contributed by atoms with E-state index in [-0.39, 0.29) is 12.0 Å². The summed E-state index contributed by atoms with van der Waals surface area (Å²) in [6.45, 7) is 6.15. The average Bonchev–Trinajstić information content (AvgIpc) is 3.06. The van der Waals surface area contributed by atoms with Crippen LogP contribution in [0.4, 0.5) is 0 Å². The van der Waals surface area contributed by atoms with Gasteiger partial charge in [0.25, 0.3) is 0 Å². The molecule has 0 atom stereocenters. The van der Waals surface area contributed by atoms with Crippen molar-refractivity contribution in [3.8, 4) is 6.07 Å². The van der Waals surface area contributed by atoms with Crippen molar-refractivity contribution in [2.75, 3.05) is 19.7 Å². The number of nitriles is 1. The predicted molar refractivity (Wildman–Crippen MR) is 64.9 cm³/mol. The van der Waals surface area contributed by atoms with Crippen LogP contribution in [0, 0.1) is 16.7 Å². The largest absolute Gasteiger partial charge is 0.395 e. The highest BCUT2D eigenvalue weighted by Crippen LogP contribution is 2.27. The lowest BCUT2D eigenvalue weighted by Gasteiger charge is -2.21. The Morgan fingerprint density at radius 2 is 2.00 bits per heavy atom. The van der Waals surface area contributed by atoms with Crippen molar-refractivity contribution in [3.63, 3.8) is 0 Å². The van der Waals surface area contributed by atoms with Gasteiger partial charge in [-0.15, -0.1) is 0 Å². The van der Waals surface area contributed by atoms with Crippen molar-refractivity contribution >= 4 is 0 Å². The molecule has 1 N–H and O–H groups in total. The summed E-state index contributed by atoms with van der Waals surface area (Å²) in [5, 5.41) is 17.8.